The van der Waals surface area contributed by atoms with E-state index in [1.807, 2.05) is 4.90 Å². The molecule has 2 aliphatic rings. The molecule has 0 spiro atoms. The Morgan fingerprint density at radius 2 is 2.03 bits per heavy atom. The first-order valence-corrected chi connectivity index (χ1v) is 11.0. The van der Waals surface area contributed by atoms with E-state index in [9.17, 15) is 15.6 Å². The Kier molecular flexibility index (Phi) is 5.38. The number of benzene rings is 1. The average molecular weight is 465 g/mol. The Hall–Kier alpha value is -3.64. The number of anilines is 4. The highest BCUT2D eigenvalue weighted by Crippen LogP contribution is 2.37. The van der Waals surface area contributed by atoms with E-state index in [1.54, 1.807) is 12.1 Å². The Balaban J connectivity index is 1.54. The Morgan fingerprint density at radius 3 is 2.73 bits per heavy atom. The molecule has 0 unspecified atom stereocenters. The lowest BCUT2D eigenvalue weighted by Gasteiger charge is -2.36. The average Bonchev–Trinajstić information content (AvgIpc) is 3.53. The van der Waals surface area contributed by atoms with Crippen LogP contribution < -0.4 is 21.3 Å². The van der Waals surface area contributed by atoms with Crippen molar-refractivity contribution in [3.8, 4) is 12.1 Å². The van der Waals surface area contributed by atoms with Crippen molar-refractivity contribution in [2.45, 2.75) is 37.5 Å². The number of aliphatic hydroxyl groups excluding tert-OH is 1. The van der Waals surface area contributed by atoms with E-state index < -0.39 is 6.10 Å². The molecular formula is C21H21ClN10O. The minimum Gasteiger partial charge on any atom is -0.390 e. The van der Waals surface area contributed by atoms with E-state index >= 15 is 0 Å². The highest BCUT2D eigenvalue weighted by atomic mass is 35.5. The maximum absolute atomic E-state index is 10.2. The second kappa shape index (κ2) is 8.37. The topological polar surface area (TPSA) is 164 Å². The normalized spacial score (nSPS) is 20.3. The van der Waals surface area contributed by atoms with Gasteiger partial charge in [-0.25, -0.2) is 4.98 Å². The fourth-order valence-electron chi connectivity index (χ4n) is 3.81. The number of β-amino-alcohol motifs (C(OH)–C–C–N with tert-alkyl or cyclic N) is 1. The molecule has 1 aliphatic heterocycles. The van der Waals surface area contributed by atoms with E-state index in [0.29, 0.717) is 59.0 Å². The van der Waals surface area contributed by atoms with Crippen LogP contribution in [-0.4, -0.2) is 56.0 Å². The summed E-state index contributed by atoms with van der Waals surface area (Å²) in [6.07, 6.45) is 3.43. The van der Waals surface area contributed by atoms with Crippen molar-refractivity contribution < 1.29 is 5.11 Å². The first kappa shape index (κ1) is 21.2. The third-order valence-electron chi connectivity index (χ3n) is 5.80. The SMILES string of the molecule is N#Cc1cc(Nc2nc(NC3CC3)c3ncc(C#N)n3n2)c(Cl)c(N2CC[C@@H](N)[C@H](O)C2)c1. The molecule has 2 aromatic heterocycles. The van der Waals surface area contributed by atoms with E-state index in [-0.39, 0.29) is 17.7 Å². The zero-order chi connectivity index (χ0) is 23.1. The summed E-state index contributed by atoms with van der Waals surface area (Å²) in [5.41, 5.74) is 8.09. The molecule has 12 heteroatoms. The van der Waals surface area contributed by atoms with E-state index in [1.165, 1.54) is 10.7 Å². The van der Waals surface area contributed by atoms with Crippen LogP contribution in [0.3, 0.4) is 0 Å². The molecule has 33 heavy (non-hydrogen) atoms. The van der Waals surface area contributed by atoms with Gasteiger partial charge in [0.2, 0.25) is 5.95 Å². The molecule has 0 amide bonds. The zero-order valence-corrected chi connectivity index (χ0v) is 18.3. The van der Waals surface area contributed by atoms with E-state index in [4.69, 9.17) is 17.3 Å². The summed E-state index contributed by atoms with van der Waals surface area (Å²) >= 11 is 6.73. The number of imidazole rings is 1. The van der Waals surface area contributed by atoms with Crippen molar-refractivity contribution in [2.24, 2.45) is 5.73 Å². The summed E-state index contributed by atoms with van der Waals surface area (Å²) in [6, 6.07) is 7.53. The van der Waals surface area contributed by atoms with Crippen molar-refractivity contribution in [3.05, 3.63) is 34.6 Å². The van der Waals surface area contributed by atoms with Crippen LogP contribution in [0.25, 0.3) is 5.65 Å². The van der Waals surface area contributed by atoms with Gasteiger partial charge >= 0.3 is 0 Å². The molecule has 3 heterocycles. The summed E-state index contributed by atoms with van der Waals surface area (Å²) in [5.74, 6) is 0.709. The van der Waals surface area contributed by atoms with Gasteiger partial charge < -0.3 is 26.4 Å². The lowest BCUT2D eigenvalue weighted by atomic mass is 10.0. The number of rotatable bonds is 5. The number of hydrogen-bond donors (Lipinski definition) is 4. The lowest BCUT2D eigenvalue weighted by Crippen LogP contribution is -2.50. The quantitative estimate of drug-likeness (QED) is 0.437. The Morgan fingerprint density at radius 1 is 1.21 bits per heavy atom. The van der Waals surface area contributed by atoms with Crippen LogP contribution in [0, 0.1) is 22.7 Å². The summed E-state index contributed by atoms with van der Waals surface area (Å²) in [6.45, 7) is 0.915. The molecule has 1 saturated carbocycles. The van der Waals surface area contributed by atoms with Crippen LogP contribution in [0.4, 0.5) is 23.1 Å². The number of nitrogens with zero attached hydrogens (tertiary/aromatic N) is 7. The van der Waals surface area contributed by atoms with Crippen LogP contribution in [0.1, 0.15) is 30.5 Å². The molecule has 0 bridgehead atoms. The van der Waals surface area contributed by atoms with E-state index in [0.717, 1.165) is 12.8 Å². The standard InChI is InChI=1S/C21H21ClN10O/c22-18-15(5-11(7-23)6-16(18)31-4-3-14(25)17(33)10-31)28-21-29-19(27-12-1-2-12)20-26-9-13(8-24)32(20)30-21/h5-6,9,12,14,17,33H,1-4,10,25H2,(H2,27,28,29,30)/t14-,17-/m1/s1. The molecule has 1 aliphatic carbocycles. The van der Waals surface area contributed by atoms with Gasteiger partial charge in [-0.1, -0.05) is 11.6 Å². The van der Waals surface area contributed by atoms with Crippen molar-refractivity contribution in [1.82, 2.24) is 19.6 Å². The van der Waals surface area contributed by atoms with Gasteiger partial charge in [0, 0.05) is 25.2 Å². The fourth-order valence-corrected chi connectivity index (χ4v) is 4.09. The maximum Gasteiger partial charge on any atom is 0.247 e. The highest BCUT2D eigenvalue weighted by molar-refractivity contribution is 6.36. The Labute approximate surface area is 194 Å². The van der Waals surface area contributed by atoms with Crippen molar-refractivity contribution in [1.29, 1.82) is 10.5 Å². The maximum atomic E-state index is 10.2. The number of halogens is 1. The molecule has 2 fully saturated rings. The number of aliphatic hydroxyl groups is 1. The summed E-state index contributed by atoms with van der Waals surface area (Å²) in [5, 5.41) is 40.4. The summed E-state index contributed by atoms with van der Waals surface area (Å²) < 4.78 is 1.42. The number of nitrogens with one attached hydrogen (secondary N) is 2. The zero-order valence-electron chi connectivity index (χ0n) is 17.5. The molecule has 5 N–H and O–H groups in total. The third kappa shape index (κ3) is 4.10. The van der Waals surface area contributed by atoms with Gasteiger partial charge in [0.1, 0.15) is 6.07 Å². The van der Waals surface area contributed by atoms with E-state index in [2.05, 4.69) is 37.8 Å². The largest absolute Gasteiger partial charge is 0.390 e. The Bertz CT molecular complexity index is 1310. The van der Waals surface area contributed by atoms with Crippen LogP contribution in [0.5, 0.6) is 0 Å². The van der Waals surface area contributed by atoms with Crippen molar-refractivity contribution >= 4 is 40.4 Å². The van der Waals surface area contributed by atoms with Gasteiger partial charge in [-0.3, -0.25) is 0 Å². The monoisotopic (exact) mass is 464 g/mol. The van der Waals surface area contributed by atoms with Gasteiger partial charge in [-0.2, -0.15) is 20.0 Å². The second-order valence-electron chi connectivity index (χ2n) is 8.25. The van der Waals surface area contributed by atoms with Crippen LogP contribution >= 0.6 is 11.6 Å². The van der Waals surface area contributed by atoms with Gasteiger partial charge in [-0.15, -0.1) is 5.10 Å². The van der Waals surface area contributed by atoms with Gasteiger partial charge in [0.05, 0.1) is 40.3 Å². The number of nitrogens with two attached hydrogens (primary N) is 1. The van der Waals surface area contributed by atoms with Gasteiger partial charge in [0.25, 0.3) is 0 Å². The lowest BCUT2D eigenvalue weighted by molar-refractivity contribution is 0.132. The highest BCUT2D eigenvalue weighted by Gasteiger charge is 2.28. The molecule has 1 saturated heterocycles. The minimum absolute atomic E-state index is 0.198. The molecule has 0 radical (unpaired) electrons. The number of nitriles is 2. The first-order chi connectivity index (χ1) is 16.0. The number of aromatic nitrogens is 4. The fraction of sp³-hybridized carbons (Fsp3) is 0.381. The number of fused-ring (bicyclic) bond motifs is 1. The summed E-state index contributed by atoms with van der Waals surface area (Å²) in [7, 11) is 0. The molecule has 1 aromatic carbocycles. The molecule has 5 rings (SSSR count). The molecule has 168 valence electrons. The predicted octanol–water partition coefficient (Wildman–Crippen LogP) is 1.74. The predicted molar refractivity (Wildman–Crippen MR) is 122 cm³/mol. The molecule has 11 nitrogen and oxygen atoms in total. The number of hydrogen-bond acceptors (Lipinski definition) is 10. The van der Waals surface area contributed by atoms with Crippen LogP contribution in [0.15, 0.2) is 18.3 Å². The molecular weight excluding hydrogens is 444 g/mol. The van der Waals surface area contributed by atoms with Crippen molar-refractivity contribution in [2.75, 3.05) is 28.6 Å². The summed E-state index contributed by atoms with van der Waals surface area (Å²) in [4.78, 5) is 10.7. The minimum atomic E-state index is -0.690. The third-order valence-corrected chi connectivity index (χ3v) is 6.20. The number of piperidine rings is 1. The molecule has 2 atom stereocenters. The van der Waals surface area contributed by atoms with Crippen LogP contribution in [0.2, 0.25) is 5.02 Å². The first-order valence-electron chi connectivity index (χ1n) is 10.6. The second-order valence-corrected chi connectivity index (χ2v) is 8.63. The smallest absolute Gasteiger partial charge is 0.247 e. The van der Waals surface area contributed by atoms with Gasteiger partial charge in [-0.05, 0) is 31.4 Å². The molecule has 3 aromatic rings. The van der Waals surface area contributed by atoms with Gasteiger partial charge in [0.15, 0.2) is 17.2 Å². The van der Waals surface area contributed by atoms with Crippen LogP contribution in [-0.2, 0) is 0 Å². The van der Waals surface area contributed by atoms with Crippen molar-refractivity contribution in [3.63, 3.8) is 0 Å².